The van der Waals surface area contributed by atoms with E-state index in [1.54, 1.807) is 22.9 Å². The highest BCUT2D eigenvalue weighted by molar-refractivity contribution is 6.30. The highest BCUT2D eigenvalue weighted by atomic mass is 35.5. The molecule has 7 nitrogen and oxygen atoms in total. The molecule has 1 saturated heterocycles. The second-order valence-electron chi connectivity index (χ2n) is 6.07. The van der Waals surface area contributed by atoms with Crippen LogP contribution in [0.1, 0.15) is 6.42 Å². The van der Waals surface area contributed by atoms with Crippen LogP contribution in [0.3, 0.4) is 0 Å². The minimum atomic E-state index is -0.454. The molecule has 8 heteroatoms. The molecule has 1 aromatic carbocycles. The van der Waals surface area contributed by atoms with E-state index >= 15 is 0 Å². The second kappa shape index (κ2) is 7.25. The summed E-state index contributed by atoms with van der Waals surface area (Å²) in [6, 6.07) is 6.95. The van der Waals surface area contributed by atoms with Crippen molar-refractivity contribution < 1.29 is 9.59 Å². The quantitative estimate of drug-likeness (QED) is 0.865. The molecule has 0 bridgehead atoms. The van der Waals surface area contributed by atoms with E-state index in [9.17, 15) is 9.59 Å². The molecule has 0 aliphatic carbocycles. The van der Waals surface area contributed by atoms with Crippen molar-refractivity contribution in [1.82, 2.24) is 19.8 Å². The summed E-state index contributed by atoms with van der Waals surface area (Å²) >= 11 is 5.91. The third-order valence-electron chi connectivity index (χ3n) is 4.36. The summed E-state index contributed by atoms with van der Waals surface area (Å²) in [5, 5.41) is 6.22. The van der Waals surface area contributed by atoms with Gasteiger partial charge in [0.05, 0.1) is 24.4 Å². The molecular weight excluding hydrogens is 342 g/mol. The van der Waals surface area contributed by atoms with Crippen molar-refractivity contribution >= 4 is 29.4 Å². The summed E-state index contributed by atoms with van der Waals surface area (Å²) in [5.41, 5.74) is 1.81. The minimum Gasteiger partial charge on any atom is -0.353 e. The Kier molecular flexibility index (Phi) is 5.06. The molecule has 3 rings (SSSR count). The Hall–Kier alpha value is -2.38. The van der Waals surface area contributed by atoms with Crippen molar-refractivity contribution in [1.29, 1.82) is 0 Å². The summed E-state index contributed by atoms with van der Waals surface area (Å²) in [4.78, 5) is 30.4. The van der Waals surface area contributed by atoms with Gasteiger partial charge in [0.15, 0.2) is 0 Å². The zero-order valence-electron chi connectivity index (χ0n) is 14.1. The van der Waals surface area contributed by atoms with E-state index in [4.69, 9.17) is 11.6 Å². The molecule has 25 heavy (non-hydrogen) atoms. The van der Waals surface area contributed by atoms with Gasteiger partial charge in [-0.05, 0) is 24.7 Å². The SMILES string of the molecule is CN1CCNC(=O)C1CC(=O)Nc1ncc(-c2ccc(Cl)cc2)n1C. The van der Waals surface area contributed by atoms with Crippen LogP contribution in [-0.4, -0.2) is 52.4 Å². The lowest BCUT2D eigenvalue weighted by Gasteiger charge is -2.31. The van der Waals surface area contributed by atoms with Gasteiger partial charge in [0.25, 0.3) is 0 Å². The zero-order valence-corrected chi connectivity index (χ0v) is 14.9. The first kappa shape index (κ1) is 17.4. The Labute approximate surface area is 151 Å². The first-order valence-electron chi connectivity index (χ1n) is 8.01. The fourth-order valence-electron chi connectivity index (χ4n) is 2.84. The highest BCUT2D eigenvalue weighted by Gasteiger charge is 2.29. The van der Waals surface area contributed by atoms with Crippen LogP contribution in [0.2, 0.25) is 5.02 Å². The summed E-state index contributed by atoms with van der Waals surface area (Å²) in [6.45, 7) is 1.34. The molecule has 2 N–H and O–H groups in total. The number of aromatic nitrogens is 2. The van der Waals surface area contributed by atoms with Gasteiger partial charge in [-0.1, -0.05) is 23.7 Å². The summed E-state index contributed by atoms with van der Waals surface area (Å²) in [6.07, 6.45) is 1.78. The highest BCUT2D eigenvalue weighted by Crippen LogP contribution is 2.23. The van der Waals surface area contributed by atoms with Crippen LogP contribution in [0.4, 0.5) is 5.95 Å². The van der Waals surface area contributed by atoms with Crippen molar-refractivity contribution in [2.24, 2.45) is 7.05 Å². The number of carbonyl (C=O) groups is 2. The molecular formula is C17H20ClN5O2. The van der Waals surface area contributed by atoms with E-state index in [0.29, 0.717) is 17.5 Å². The van der Waals surface area contributed by atoms with Crippen molar-refractivity contribution in [2.75, 3.05) is 25.5 Å². The van der Waals surface area contributed by atoms with Gasteiger partial charge in [-0.2, -0.15) is 0 Å². The number of hydrogen-bond donors (Lipinski definition) is 2. The molecule has 1 fully saturated rings. The van der Waals surface area contributed by atoms with E-state index in [-0.39, 0.29) is 18.2 Å². The Morgan fingerprint density at radius 1 is 1.36 bits per heavy atom. The Morgan fingerprint density at radius 3 is 2.76 bits per heavy atom. The number of rotatable bonds is 4. The number of benzene rings is 1. The predicted octanol–water partition coefficient (Wildman–Crippen LogP) is 1.50. The van der Waals surface area contributed by atoms with Gasteiger partial charge in [-0.3, -0.25) is 19.8 Å². The number of amides is 2. The van der Waals surface area contributed by atoms with Gasteiger partial charge in [-0.15, -0.1) is 0 Å². The number of nitrogens with zero attached hydrogens (tertiary/aromatic N) is 3. The molecule has 0 spiro atoms. The van der Waals surface area contributed by atoms with Gasteiger partial charge >= 0.3 is 0 Å². The van der Waals surface area contributed by atoms with E-state index in [1.807, 2.05) is 31.1 Å². The van der Waals surface area contributed by atoms with Gasteiger partial charge in [0.1, 0.15) is 0 Å². The average molecular weight is 362 g/mol. The van der Waals surface area contributed by atoms with Crippen LogP contribution in [0, 0.1) is 0 Å². The molecule has 0 saturated carbocycles. The molecule has 2 heterocycles. The normalized spacial score (nSPS) is 18.0. The summed E-state index contributed by atoms with van der Waals surface area (Å²) in [7, 11) is 3.67. The van der Waals surface area contributed by atoms with Crippen molar-refractivity contribution in [2.45, 2.75) is 12.5 Å². The third kappa shape index (κ3) is 3.83. The zero-order chi connectivity index (χ0) is 18.0. The van der Waals surface area contributed by atoms with E-state index in [0.717, 1.165) is 17.8 Å². The van der Waals surface area contributed by atoms with Gasteiger partial charge in [-0.25, -0.2) is 4.98 Å². The molecule has 1 aromatic heterocycles. The lowest BCUT2D eigenvalue weighted by atomic mass is 10.1. The Balaban J connectivity index is 1.70. The fourth-order valence-corrected chi connectivity index (χ4v) is 2.97. The number of imidazole rings is 1. The maximum Gasteiger partial charge on any atom is 0.237 e. The maximum absolute atomic E-state index is 12.3. The monoisotopic (exact) mass is 361 g/mol. The van der Waals surface area contributed by atoms with Crippen LogP contribution in [0.5, 0.6) is 0 Å². The molecule has 1 unspecified atom stereocenters. The minimum absolute atomic E-state index is 0.0888. The fraction of sp³-hybridized carbons (Fsp3) is 0.353. The maximum atomic E-state index is 12.3. The smallest absolute Gasteiger partial charge is 0.237 e. The lowest BCUT2D eigenvalue weighted by molar-refractivity contribution is -0.131. The molecule has 1 aliphatic rings. The molecule has 2 amide bonds. The predicted molar refractivity (Wildman–Crippen MR) is 96.3 cm³/mol. The lowest BCUT2D eigenvalue weighted by Crippen LogP contribution is -2.54. The number of hydrogen-bond acceptors (Lipinski definition) is 4. The third-order valence-corrected chi connectivity index (χ3v) is 4.61. The van der Waals surface area contributed by atoms with Crippen LogP contribution >= 0.6 is 11.6 Å². The molecule has 0 radical (unpaired) electrons. The van der Waals surface area contributed by atoms with Crippen LogP contribution in [-0.2, 0) is 16.6 Å². The number of halogens is 1. The standard InChI is InChI=1S/C17H20ClN5O2/c1-22-8-7-19-16(25)13(22)9-15(24)21-17-20-10-14(23(17)2)11-3-5-12(18)6-4-11/h3-6,10,13H,7-9H2,1-2H3,(H,19,25)(H,20,21,24). The number of piperazine rings is 1. The van der Waals surface area contributed by atoms with Crippen LogP contribution in [0.15, 0.2) is 30.5 Å². The first-order valence-corrected chi connectivity index (χ1v) is 8.39. The van der Waals surface area contributed by atoms with Crippen molar-refractivity contribution in [3.8, 4) is 11.3 Å². The molecule has 1 aliphatic heterocycles. The van der Waals surface area contributed by atoms with Crippen molar-refractivity contribution in [3.63, 3.8) is 0 Å². The molecule has 132 valence electrons. The van der Waals surface area contributed by atoms with Crippen LogP contribution < -0.4 is 10.6 Å². The van der Waals surface area contributed by atoms with Gasteiger partial charge < -0.3 is 9.88 Å². The number of likely N-dealkylation sites (N-methyl/N-ethyl adjacent to an activating group) is 1. The molecule has 2 aromatic rings. The number of anilines is 1. The Morgan fingerprint density at radius 2 is 2.08 bits per heavy atom. The van der Waals surface area contributed by atoms with E-state index < -0.39 is 6.04 Å². The topological polar surface area (TPSA) is 79.3 Å². The van der Waals surface area contributed by atoms with E-state index in [2.05, 4.69) is 15.6 Å². The van der Waals surface area contributed by atoms with Gasteiger partial charge in [0.2, 0.25) is 17.8 Å². The van der Waals surface area contributed by atoms with Crippen LogP contribution in [0.25, 0.3) is 11.3 Å². The summed E-state index contributed by atoms with van der Waals surface area (Å²) in [5.74, 6) is 0.0738. The average Bonchev–Trinajstić information content (AvgIpc) is 2.93. The van der Waals surface area contributed by atoms with E-state index in [1.165, 1.54) is 0 Å². The molecule has 1 atom stereocenters. The first-order chi connectivity index (χ1) is 12.0. The largest absolute Gasteiger partial charge is 0.353 e. The summed E-state index contributed by atoms with van der Waals surface area (Å²) < 4.78 is 1.80. The van der Waals surface area contributed by atoms with Gasteiger partial charge in [0, 0.05) is 25.2 Å². The second-order valence-corrected chi connectivity index (χ2v) is 6.51. The number of nitrogens with one attached hydrogen (secondary N) is 2. The Bertz CT molecular complexity index is 787. The number of carbonyl (C=O) groups excluding carboxylic acids is 2. The van der Waals surface area contributed by atoms with Crippen molar-refractivity contribution in [3.05, 3.63) is 35.5 Å².